The van der Waals surface area contributed by atoms with E-state index in [1.807, 2.05) is 43.4 Å². The number of halogens is 2. The molecule has 0 saturated carbocycles. The molecule has 1 N–H and O–H groups in total. The van der Waals surface area contributed by atoms with Crippen LogP contribution in [0.2, 0.25) is 10.0 Å². The van der Waals surface area contributed by atoms with Gasteiger partial charge >= 0.3 is 0 Å². The van der Waals surface area contributed by atoms with Crippen molar-refractivity contribution < 1.29 is 4.74 Å². The van der Waals surface area contributed by atoms with Crippen molar-refractivity contribution in [3.8, 4) is 5.75 Å². The second-order valence-electron chi connectivity index (χ2n) is 4.13. The molecule has 0 aromatic heterocycles. The molecule has 100 valence electrons. The lowest BCUT2D eigenvalue weighted by Crippen LogP contribution is -2.18. The van der Waals surface area contributed by atoms with Gasteiger partial charge in [0.1, 0.15) is 5.75 Å². The zero-order chi connectivity index (χ0) is 13.8. The normalized spacial score (nSPS) is 12.2. The highest BCUT2D eigenvalue weighted by atomic mass is 35.5. The summed E-state index contributed by atoms with van der Waals surface area (Å²) in [5.41, 5.74) is 2.01. The highest BCUT2D eigenvalue weighted by Crippen LogP contribution is 2.34. The molecule has 0 heterocycles. The van der Waals surface area contributed by atoms with E-state index >= 15 is 0 Å². The van der Waals surface area contributed by atoms with Crippen molar-refractivity contribution in [1.82, 2.24) is 5.32 Å². The molecule has 2 aromatic rings. The minimum atomic E-state index is -0.0408. The molecule has 4 heteroatoms. The monoisotopic (exact) mass is 295 g/mol. The molecule has 0 aliphatic rings. The van der Waals surface area contributed by atoms with Crippen LogP contribution in [0.4, 0.5) is 0 Å². The Kier molecular flexibility index (Phi) is 4.70. The first-order valence-electron chi connectivity index (χ1n) is 5.92. The Morgan fingerprint density at radius 3 is 2.42 bits per heavy atom. The van der Waals surface area contributed by atoms with Crippen molar-refractivity contribution in [1.29, 1.82) is 0 Å². The molecule has 2 nitrogen and oxygen atoms in total. The molecule has 0 radical (unpaired) electrons. The van der Waals surface area contributed by atoms with E-state index in [1.54, 1.807) is 13.2 Å². The van der Waals surface area contributed by atoms with Crippen molar-refractivity contribution in [2.45, 2.75) is 6.04 Å². The minimum absolute atomic E-state index is 0.0408. The van der Waals surface area contributed by atoms with E-state index in [0.717, 1.165) is 16.9 Å². The smallest absolute Gasteiger partial charge is 0.123 e. The Hall–Kier alpha value is -1.22. The van der Waals surface area contributed by atoms with Crippen molar-refractivity contribution in [2.24, 2.45) is 0 Å². The standard InChI is InChI=1S/C15H15Cl2NO/c1-18-15(11-8-7-10(16)9-13(11)17)12-5-3-4-6-14(12)19-2/h3-9,15,18H,1-2H3. The highest BCUT2D eigenvalue weighted by molar-refractivity contribution is 6.35. The Labute approximate surface area is 123 Å². The minimum Gasteiger partial charge on any atom is -0.496 e. The molecule has 2 aromatic carbocycles. The SMILES string of the molecule is CNC(c1ccc(Cl)cc1Cl)c1ccccc1OC. The number of rotatable bonds is 4. The lowest BCUT2D eigenvalue weighted by Gasteiger charge is -2.21. The van der Waals surface area contributed by atoms with E-state index < -0.39 is 0 Å². The number of nitrogens with one attached hydrogen (secondary N) is 1. The van der Waals surface area contributed by atoms with Crippen molar-refractivity contribution in [3.63, 3.8) is 0 Å². The Morgan fingerprint density at radius 2 is 1.79 bits per heavy atom. The molecular formula is C15H15Cl2NO. The highest BCUT2D eigenvalue weighted by Gasteiger charge is 2.18. The number of hydrogen-bond acceptors (Lipinski definition) is 2. The Balaban J connectivity index is 2.50. The number of para-hydroxylation sites is 1. The lowest BCUT2D eigenvalue weighted by molar-refractivity contribution is 0.405. The van der Waals surface area contributed by atoms with E-state index in [4.69, 9.17) is 27.9 Å². The van der Waals surface area contributed by atoms with Gasteiger partial charge in [-0.05, 0) is 30.8 Å². The molecule has 0 spiro atoms. The van der Waals surface area contributed by atoms with Crippen LogP contribution >= 0.6 is 23.2 Å². The summed E-state index contributed by atoms with van der Waals surface area (Å²) < 4.78 is 5.40. The summed E-state index contributed by atoms with van der Waals surface area (Å²) in [6.07, 6.45) is 0. The van der Waals surface area contributed by atoms with Gasteiger partial charge in [0.25, 0.3) is 0 Å². The molecule has 1 unspecified atom stereocenters. The molecule has 0 aliphatic carbocycles. The van der Waals surface area contributed by atoms with E-state index in [0.29, 0.717) is 10.0 Å². The molecule has 1 atom stereocenters. The van der Waals surface area contributed by atoms with E-state index in [1.165, 1.54) is 0 Å². The maximum Gasteiger partial charge on any atom is 0.123 e. The Morgan fingerprint density at radius 1 is 1.05 bits per heavy atom. The fourth-order valence-corrected chi connectivity index (χ4v) is 2.64. The fourth-order valence-electron chi connectivity index (χ4n) is 2.12. The van der Waals surface area contributed by atoms with Crippen molar-refractivity contribution in [3.05, 3.63) is 63.6 Å². The van der Waals surface area contributed by atoms with Crippen LogP contribution in [0.15, 0.2) is 42.5 Å². The largest absolute Gasteiger partial charge is 0.496 e. The average Bonchev–Trinajstić information content (AvgIpc) is 2.42. The van der Waals surface area contributed by atoms with Gasteiger partial charge in [-0.25, -0.2) is 0 Å². The van der Waals surface area contributed by atoms with Crippen LogP contribution < -0.4 is 10.1 Å². The van der Waals surface area contributed by atoms with Crippen LogP contribution in [-0.2, 0) is 0 Å². The maximum atomic E-state index is 6.28. The number of hydrogen-bond donors (Lipinski definition) is 1. The second-order valence-corrected chi connectivity index (χ2v) is 4.97. The topological polar surface area (TPSA) is 21.3 Å². The first-order chi connectivity index (χ1) is 9.17. The van der Waals surface area contributed by atoms with Gasteiger partial charge in [0.2, 0.25) is 0 Å². The molecule has 2 rings (SSSR count). The third kappa shape index (κ3) is 3.03. The van der Waals surface area contributed by atoms with Crippen molar-refractivity contribution >= 4 is 23.2 Å². The van der Waals surface area contributed by atoms with Gasteiger partial charge in [-0.2, -0.15) is 0 Å². The molecule has 0 bridgehead atoms. The third-order valence-corrected chi connectivity index (χ3v) is 3.57. The fraction of sp³-hybridized carbons (Fsp3) is 0.200. The van der Waals surface area contributed by atoms with Crippen LogP contribution in [0.5, 0.6) is 5.75 Å². The number of methoxy groups -OCH3 is 1. The number of ether oxygens (including phenoxy) is 1. The summed E-state index contributed by atoms with van der Waals surface area (Å²) in [6.45, 7) is 0. The summed E-state index contributed by atoms with van der Waals surface area (Å²) in [4.78, 5) is 0. The maximum absolute atomic E-state index is 6.28. The van der Waals surface area contributed by atoms with Crippen LogP contribution in [-0.4, -0.2) is 14.2 Å². The summed E-state index contributed by atoms with van der Waals surface area (Å²) in [5, 5.41) is 4.53. The third-order valence-electron chi connectivity index (χ3n) is 3.01. The predicted octanol–water partition coefficient (Wildman–Crippen LogP) is 4.31. The van der Waals surface area contributed by atoms with Gasteiger partial charge < -0.3 is 10.1 Å². The van der Waals surface area contributed by atoms with Crippen LogP contribution in [0.1, 0.15) is 17.2 Å². The summed E-state index contributed by atoms with van der Waals surface area (Å²) in [5.74, 6) is 0.827. The number of benzene rings is 2. The van der Waals surface area contributed by atoms with Gasteiger partial charge in [0.05, 0.1) is 13.2 Å². The van der Waals surface area contributed by atoms with Crippen LogP contribution in [0.3, 0.4) is 0 Å². The van der Waals surface area contributed by atoms with Gasteiger partial charge in [0, 0.05) is 15.6 Å². The van der Waals surface area contributed by atoms with E-state index in [-0.39, 0.29) is 6.04 Å². The van der Waals surface area contributed by atoms with Crippen LogP contribution in [0, 0.1) is 0 Å². The van der Waals surface area contributed by atoms with E-state index in [2.05, 4.69) is 5.32 Å². The average molecular weight is 296 g/mol. The van der Waals surface area contributed by atoms with Gasteiger partial charge in [-0.1, -0.05) is 47.5 Å². The van der Waals surface area contributed by atoms with Gasteiger partial charge in [-0.15, -0.1) is 0 Å². The molecule has 0 saturated heterocycles. The van der Waals surface area contributed by atoms with Gasteiger partial charge in [-0.3, -0.25) is 0 Å². The first kappa shape index (κ1) is 14.2. The van der Waals surface area contributed by atoms with E-state index in [9.17, 15) is 0 Å². The first-order valence-corrected chi connectivity index (χ1v) is 6.68. The zero-order valence-electron chi connectivity index (χ0n) is 10.8. The quantitative estimate of drug-likeness (QED) is 0.907. The lowest BCUT2D eigenvalue weighted by atomic mass is 9.98. The molecule has 0 amide bonds. The molecule has 19 heavy (non-hydrogen) atoms. The summed E-state index contributed by atoms with van der Waals surface area (Å²) >= 11 is 12.2. The van der Waals surface area contributed by atoms with Crippen molar-refractivity contribution in [2.75, 3.05) is 14.2 Å². The Bertz CT molecular complexity index is 572. The predicted molar refractivity (Wildman–Crippen MR) is 80.4 cm³/mol. The molecule has 0 aliphatic heterocycles. The summed E-state index contributed by atoms with van der Waals surface area (Å²) in [6, 6.07) is 13.3. The zero-order valence-corrected chi connectivity index (χ0v) is 12.3. The second kappa shape index (κ2) is 6.29. The summed E-state index contributed by atoms with van der Waals surface area (Å²) in [7, 11) is 3.55. The van der Waals surface area contributed by atoms with Crippen LogP contribution in [0.25, 0.3) is 0 Å². The molecular weight excluding hydrogens is 281 g/mol. The molecule has 0 fully saturated rings. The van der Waals surface area contributed by atoms with Gasteiger partial charge in [0.15, 0.2) is 0 Å².